The van der Waals surface area contributed by atoms with Crippen LogP contribution < -0.4 is 0 Å². The summed E-state index contributed by atoms with van der Waals surface area (Å²) >= 11 is 0. The Balaban J connectivity index is 0.000000453. The van der Waals surface area contributed by atoms with Crippen LogP contribution in [-0.4, -0.2) is 6.68 Å². The Labute approximate surface area is 108 Å². The Morgan fingerprint density at radius 3 is 1.82 bits per heavy atom. The van der Waals surface area contributed by atoms with Crippen molar-refractivity contribution in [3.63, 3.8) is 0 Å². The summed E-state index contributed by atoms with van der Waals surface area (Å²) < 4.78 is 29.0. The number of halogens is 3. The summed E-state index contributed by atoms with van der Waals surface area (Å²) in [6.07, 6.45) is 7.12. The second kappa shape index (κ2) is 9.40. The van der Waals surface area contributed by atoms with E-state index >= 15 is 0 Å². The molecule has 0 saturated heterocycles. The van der Waals surface area contributed by atoms with Gasteiger partial charge in [-0.1, -0.05) is 49.6 Å². The molecule has 1 aromatic carbocycles. The molecule has 0 atom stereocenters. The molecule has 17 heavy (non-hydrogen) atoms. The molecule has 0 nitrogen and oxygen atoms in total. The number of alkyl halides is 3. The van der Waals surface area contributed by atoms with Crippen LogP contribution in [0.5, 0.6) is 0 Å². The summed E-state index contributed by atoms with van der Waals surface area (Å²) in [7, 11) is 0. The molecule has 1 fully saturated rings. The Kier molecular flexibility index (Phi) is 9.04. The summed E-state index contributed by atoms with van der Waals surface area (Å²) in [6, 6.07) is 11.0. The van der Waals surface area contributed by atoms with E-state index in [0.29, 0.717) is 0 Å². The summed E-state index contributed by atoms with van der Waals surface area (Å²) in [5.41, 5.74) is 1.55. The van der Waals surface area contributed by atoms with Gasteiger partial charge in [-0.15, -0.1) is 0 Å². The first-order chi connectivity index (χ1) is 7.70. The molecule has 1 aliphatic rings. The Hall–Kier alpha value is -0.640. The van der Waals surface area contributed by atoms with Crippen molar-refractivity contribution in [2.75, 3.05) is 0 Å². The topological polar surface area (TPSA) is 0 Å². The van der Waals surface area contributed by atoms with E-state index in [1.807, 2.05) is 0 Å². The lowest BCUT2D eigenvalue weighted by atomic mass is 9.84. The largest absolute Gasteiger partial charge is 0.379 e. The minimum atomic E-state index is -3.67. The molecule has 1 aromatic rings. The van der Waals surface area contributed by atoms with E-state index in [2.05, 4.69) is 30.3 Å². The summed E-state index contributed by atoms with van der Waals surface area (Å²) in [5, 5.41) is 0. The number of benzene rings is 1. The van der Waals surface area contributed by atoms with Gasteiger partial charge in [-0.3, -0.25) is 0 Å². The molecule has 0 N–H and O–H groups in total. The van der Waals surface area contributed by atoms with Gasteiger partial charge in [0.1, 0.15) is 0 Å². The van der Waals surface area contributed by atoms with Gasteiger partial charge in [0, 0.05) is 0 Å². The normalized spacial score (nSPS) is 15.8. The fourth-order valence-corrected chi connectivity index (χ4v) is 2.16. The van der Waals surface area contributed by atoms with Crippen molar-refractivity contribution >= 4 is 13.5 Å². The molecule has 98 valence electrons. The highest BCUT2D eigenvalue weighted by molar-refractivity contribution is 7.59. The lowest BCUT2D eigenvalue weighted by Crippen LogP contribution is -2.03. The molecule has 0 spiro atoms. The average molecular weight is 264 g/mol. The van der Waals surface area contributed by atoms with Crippen LogP contribution in [0, 0.1) is 0 Å². The third-order valence-electron chi connectivity index (χ3n) is 2.88. The molecule has 2 rings (SSSR count). The standard InChI is InChI=1S/C12H16.CHF3.H2S/c1-3-7-11(8-4-1)12-9-5-2-6-10-12;2-1(3)4;/h1,3-4,7-8,12H,2,5-6,9-10H2;1H;1H2. The van der Waals surface area contributed by atoms with Crippen molar-refractivity contribution in [1.82, 2.24) is 0 Å². The molecule has 0 unspecified atom stereocenters. The monoisotopic (exact) mass is 264 g/mol. The van der Waals surface area contributed by atoms with Crippen LogP contribution >= 0.6 is 13.5 Å². The van der Waals surface area contributed by atoms with Gasteiger partial charge >= 0.3 is 6.68 Å². The molecule has 0 aromatic heterocycles. The van der Waals surface area contributed by atoms with E-state index < -0.39 is 6.68 Å². The highest BCUT2D eigenvalue weighted by Crippen LogP contribution is 2.31. The van der Waals surface area contributed by atoms with Gasteiger partial charge in [0.15, 0.2) is 0 Å². The van der Waals surface area contributed by atoms with Gasteiger partial charge in [0.05, 0.1) is 0 Å². The molecule has 1 saturated carbocycles. The summed E-state index contributed by atoms with van der Waals surface area (Å²) in [4.78, 5) is 0. The zero-order chi connectivity index (χ0) is 11.8. The van der Waals surface area contributed by atoms with E-state index in [1.54, 1.807) is 5.56 Å². The van der Waals surface area contributed by atoms with Gasteiger partial charge in [0.25, 0.3) is 0 Å². The molecule has 0 radical (unpaired) electrons. The van der Waals surface area contributed by atoms with Gasteiger partial charge in [-0.2, -0.15) is 26.7 Å². The van der Waals surface area contributed by atoms with E-state index in [4.69, 9.17) is 0 Å². The zero-order valence-corrected chi connectivity index (χ0v) is 10.7. The third kappa shape index (κ3) is 7.31. The SMILES string of the molecule is FC(F)F.S.c1ccc(C2CCCCC2)cc1. The molecule has 0 amide bonds. The smallest absolute Gasteiger partial charge is 0.197 e. The van der Waals surface area contributed by atoms with Crippen molar-refractivity contribution in [3.05, 3.63) is 35.9 Å². The van der Waals surface area contributed by atoms with Gasteiger partial charge < -0.3 is 0 Å². The molecule has 1 aliphatic carbocycles. The van der Waals surface area contributed by atoms with Crippen LogP contribution in [-0.2, 0) is 0 Å². The molecule has 4 heteroatoms. The van der Waals surface area contributed by atoms with Gasteiger partial charge in [-0.05, 0) is 24.3 Å². The molecule has 0 heterocycles. The lowest BCUT2D eigenvalue weighted by molar-refractivity contribution is 0.00819. The summed E-state index contributed by atoms with van der Waals surface area (Å²) in [5.74, 6) is 0.861. The van der Waals surface area contributed by atoms with Crippen molar-refractivity contribution in [1.29, 1.82) is 0 Å². The van der Waals surface area contributed by atoms with Crippen LogP contribution in [0.4, 0.5) is 13.2 Å². The quantitative estimate of drug-likeness (QED) is 0.667. The third-order valence-corrected chi connectivity index (χ3v) is 2.88. The predicted octanol–water partition coefficient (Wildman–Crippen LogP) is 5.03. The second-order valence-electron chi connectivity index (χ2n) is 3.99. The van der Waals surface area contributed by atoms with Crippen LogP contribution in [0.25, 0.3) is 0 Å². The highest BCUT2D eigenvalue weighted by atomic mass is 32.1. The van der Waals surface area contributed by atoms with Crippen molar-refractivity contribution in [2.45, 2.75) is 44.7 Å². The minimum absolute atomic E-state index is 0. The second-order valence-corrected chi connectivity index (χ2v) is 3.99. The Bertz CT molecular complexity index is 268. The first-order valence-corrected chi connectivity index (χ1v) is 5.67. The van der Waals surface area contributed by atoms with Gasteiger partial charge in [0.2, 0.25) is 0 Å². The minimum Gasteiger partial charge on any atom is -0.197 e. The van der Waals surface area contributed by atoms with E-state index in [1.165, 1.54) is 32.1 Å². The lowest BCUT2D eigenvalue weighted by Gasteiger charge is -2.21. The highest BCUT2D eigenvalue weighted by Gasteiger charge is 2.14. The average Bonchev–Trinajstić information content (AvgIpc) is 2.31. The zero-order valence-electron chi connectivity index (χ0n) is 9.71. The van der Waals surface area contributed by atoms with Crippen molar-refractivity contribution in [2.24, 2.45) is 0 Å². The predicted molar refractivity (Wildman–Crippen MR) is 69.8 cm³/mol. The van der Waals surface area contributed by atoms with Crippen molar-refractivity contribution < 1.29 is 13.2 Å². The number of hydrogen-bond acceptors (Lipinski definition) is 0. The summed E-state index contributed by atoms with van der Waals surface area (Å²) in [6.45, 7) is -3.67. The maximum Gasteiger partial charge on any atom is 0.379 e. The Morgan fingerprint density at radius 1 is 0.882 bits per heavy atom. The molecule has 0 aliphatic heterocycles. The molecule has 0 bridgehead atoms. The Morgan fingerprint density at radius 2 is 1.35 bits per heavy atom. The fourth-order valence-electron chi connectivity index (χ4n) is 2.16. The van der Waals surface area contributed by atoms with Crippen LogP contribution in [0.3, 0.4) is 0 Å². The fraction of sp³-hybridized carbons (Fsp3) is 0.538. The maximum atomic E-state index is 9.67. The maximum absolute atomic E-state index is 9.67. The van der Waals surface area contributed by atoms with Crippen molar-refractivity contribution in [3.8, 4) is 0 Å². The van der Waals surface area contributed by atoms with Crippen LogP contribution in [0.2, 0.25) is 0 Å². The first-order valence-electron chi connectivity index (χ1n) is 5.67. The molecular weight excluding hydrogens is 245 g/mol. The van der Waals surface area contributed by atoms with Crippen LogP contribution in [0.1, 0.15) is 43.6 Å². The first kappa shape index (κ1) is 16.4. The van der Waals surface area contributed by atoms with E-state index in [-0.39, 0.29) is 13.5 Å². The van der Waals surface area contributed by atoms with E-state index in [9.17, 15) is 13.2 Å². The van der Waals surface area contributed by atoms with E-state index in [0.717, 1.165) is 5.92 Å². The molecular formula is C13H19F3S. The number of rotatable bonds is 1. The van der Waals surface area contributed by atoms with Crippen LogP contribution in [0.15, 0.2) is 30.3 Å². The number of hydrogen-bond donors (Lipinski definition) is 0. The van der Waals surface area contributed by atoms with Gasteiger partial charge in [-0.25, -0.2) is 0 Å².